The number of carbonyl (C=O) groups is 2. The molecule has 1 rings (SSSR count). The molecule has 0 aromatic carbocycles. The molecule has 0 aromatic heterocycles. The highest BCUT2D eigenvalue weighted by molar-refractivity contribution is 7.49. The largest absolute Gasteiger partial charge is 0.532 e. The predicted molar refractivity (Wildman–Crippen MR) is 73.1 cm³/mol. The lowest BCUT2D eigenvalue weighted by Gasteiger charge is -2.20. The summed E-state index contributed by atoms with van der Waals surface area (Å²) >= 11 is 0. The van der Waals surface area contributed by atoms with Crippen molar-refractivity contribution in [3.05, 3.63) is 0 Å². The van der Waals surface area contributed by atoms with E-state index in [9.17, 15) is 14.2 Å². The predicted octanol–water partition coefficient (Wildman–Crippen LogP) is 3.25. The summed E-state index contributed by atoms with van der Waals surface area (Å²) in [7, 11) is -3.79. The standard InChI is InChI=1S/C13H23O6P/c1-3-17-20(16,18-4-2)19-13(15)10-9-11-7-5-6-8-12(11)14/h11H,3-10H2,1-2H3. The molecule has 0 N–H and O–H groups in total. The number of hydrogen-bond acceptors (Lipinski definition) is 6. The quantitative estimate of drug-likeness (QED) is 0.640. The van der Waals surface area contributed by atoms with Gasteiger partial charge < -0.3 is 4.52 Å². The molecule has 116 valence electrons. The van der Waals surface area contributed by atoms with Crippen LogP contribution in [-0.4, -0.2) is 25.0 Å². The Morgan fingerprint density at radius 1 is 1.25 bits per heavy atom. The molecule has 0 aromatic rings. The molecule has 6 nitrogen and oxygen atoms in total. The van der Waals surface area contributed by atoms with Gasteiger partial charge in [0.15, 0.2) is 0 Å². The van der Waals surface area contributed by atoms with Crippen LogP contribution >= 0.6 is 7.82 Å². The Bertz CT molecular complexity index is 371. The third-order valence-corrected chi connectivity index (χ3v) is 4.74. The van der Waals surface area contributed by atoms with Crippen LogP contribution in [0.1, 0.15) is 52.4 Å². The summed E-state index contributed by atoms with van der Waals surface area (Å²) in [5.41, 5.74) is 0. The second kappa shape index (κ2) is 8.55. The van der Waals surface area contributed by atoms with Crippen molar-refractivity contribution < 1.29 is 27.7 Å². The lowest BCUT2D eigenvalue weighted by atomic mass is 9.85. The van der Waals surface area contributed by atoms with E-state index in [2.05, 4.69) is 0 Å². The van der Waals surface area contributed by atoms with E-state index in [0.29, 0.717) is 12.8 Å². The molecule has 0 spiro atoms. The van der Waals surface area contributed by atoms with Gasteiger partial charge in [0.05, 0.1) is 13.2 Å². The van der Waals surface area contributed by atoms with Crippen LogP contribution in [0.25, 0.3) is 0 Å². The number of phosphoric acid groups is 1. The van der Waals surface area contributed by atoms with Crippen molar-refractivity contribution in [1.82, 2.24) is 0 Å². The van der Waals surface area contributed by atoms with Crippen LogP contribution in [0, 0.1) is 5.92 Å². The van der Waals surface area contributed by atoms with Gasteiger partial charge in [-0.25, -0.2) is 4.57 Å². The SMILES string of the molecule is CCOP(=O)(OCC)OC(=O)CCC1CCCCC1=O. The number of hydrogen-bond donors (Lipinski definition) is 0. The molecule has 1 atom stereocenters. The van der Waals surface area contributed by atoms with Crippen LogP contribution in [0.15, 0.2) is 0 Å². The second-order valence-electron chi connectivity index (χ2n) is 4.69. The highest BCUT2D eigenvalue weighted by Crippen LogP contribution is 2.49. The van der Waals surface area contributed by atoms with Gasteiger partial charge in [0.2, 0.25) is 0 Å². The van der Waals surface area contributed by atoms with Gasteiger partial charge in [-0.1, -0.05) is 6.42 Å². The average Bonchev–Trinajstić information content (AvgIpc) is 2.38. The summed E-state index contributed by atoms with van der Waals surface area (Å²) in [5, 5.41) is 0. The maximum atomic E-state index is 12.0. The van der Waals surface area contributed by atoms with Crippen molar-refractivity contribution >= 4 is 19.6 Å². The van der Waals surface area contributed by atoms with E-state index in [1.165, 1.54) is 0 Å². The molecular weight excluding hydrogens is 283 g/mol. The highest BCUT2D eigenvalue weighted by atomic mass is 31.2. The molecule has 0 amide bonds. The van der Waals surface area contributed by atoms with Crippen molar-refractivity contribution in [2.75, 3.05) is 13.2 Å². The normalized spacial score (nSPS) is 19.9. The Morgan fingerprint density at radius 2 is 1.90 bits per heavy atom. The van der Waals surface area contributed by atoms with Crippen LogP contribution in [0.4, 0.5) is 0 Å². The zero-order valence-corrected chi connectivity index (χ0v) is 13.0. The first-order valence-corrected chi connectivity index (χ1v) is 8.61. The van der Waals surface area contributed by atoms with Crippen LogP contribution in [0.5, 0.6) is 0 Å². The molecule has 0 aliphatic heterocycles. The minimum Gasteiger partial charge on any atom is -0.370 e. The Morgan fingerprint density at radius 3 is 2.45 bits per heavy atom. The summed E-state index contributed by atoms with van der Waals surface area (Å²) in [6, 6.07) is 0. The summed E-state index contributed by atoms with van der Waals surface area (Å²) in [4.78, 5) is 23.3. The fourth-order valence-electron chi connectivity index (χ4n) is 2.23. The van der Waals surface area contributed by atoms with Gasteiger partial charge in [-0.2, -0.15) is 0 Å². The van der Waals surface area contributed by atoms with Crippen molar-refractivity contribution in [3.63, 3.8) is 0 Å². The number of phosphoric ester groups is 1. The van der Waals surface area contributed by atoms with Crippen LogP contribution < -0.4 is 0 Å². The first-order chi connectivity index (χ1) is 9.50. The Kier molecular flexibility index (Phi) is 7.41. The fourth-order valence-corrected chi connectivity index (χ4v) is 3.38. The van der Waals surface area contributed by atoms with E-state index in [-0.39, 0.29) is 31.3 Å². The first-order valence-electron chi connectivity index (χ1n) is 7.15. The lowest BCUT2D eigenvalue weighted by Crippen LogP contribution is -2.20. The van der Waals surface area contributed by atoms with Crippen molar-refractivity contribution in [1.29, 1.82) is 0 Å². The van der Waals surface area contributed by atoms with Gasteiger partial charge in [0, 0.05) is 18.8 Å². The van der Waals surface area contributed by atoms with Crippen LogP contribution in [0.3, 0.4) is 0 Å². The zero-order valence-electron chi connectivity index (χ0n) is 12.1. The second-order valence-corrected chi connectivity index (χ2v) is 6.29. The molecule has 1 unspecified atom stereocenters. The van der Waals surface area contributed by atoms with Crippen molar-refractivity contribution in [2.45, 2.75) is 52.4 Å². The summed E-state index contributed by atoms with van der Waals surface area (Å²) in [6.07, 6.45) is 3.86. The monoisotopic (exact) mass is 306 g/mol. The zero-order chi connectivity index (χ0) is 15.0. The summed E-state index contributed by atoms with van der Waals surface area (Å²) in [5.74, 6) is -0.509. The molecular formula is C13H23O6P. The molecule has 0 saturated heterocycles. The van der Waals surface area contributed by atoms with Gasteiger partial charge in [0.25, 0.3) is 0 Å². The summed E-state index contributed by atoms with van der Waals surface area (Å²) < 4.78 is 26.5. The topological polar surface area (TPSA) is 78.9 Å². The maximum absolute atomic E-state index is 12.0. The highest BCUT2D eigenvalue weighted by Gasteiger charge is 2.31. The third kappa shape index (κ3) is 5.73. The molecule has 1 fully saturated rings. The van der Waals surface area contributed by atoms with Gasteiger partial charge >= 0.3 is 13.8 Å². The van der Waals surface area contributed by atoms with Crippen molar-refractivity contribution in [2.24, 2.45) is 5.92 Å². The minimum atomic E-state index is -3.79. The number of rotatable bonds is 8. The lowest BCUT2D eigenvalue weighted by molar-refractivity contribution is -0.137. The van der Waals surface area contributed by atoms with E-state index in [1.54, 1.807) is 13.8 Å². The Balaban J connectivity index is 2.41. The first kappa shape index (κ1) is 17.3. The van der Waals surface area contributed by atoms with Gasteiger partial charge in [0.1, 0.15) is 5.78 Å². The average molecular weight is 306 g/mol. The van der Waals surface area contributed by atoms with Gasteiger partial charge in [-0.05, 0) is 33.1 Å². The Hall–Kier alpha value is -0.710. The number of ketones is 1. The van der Waals surface area contributed by atoms with E-state index < -0.39 is 13.8 Å². The van der Waals surface area contributed by atoms with Crippen molar-refractivity contribution in [3.8, 4) is 0 Å². The van der Waals surface area contributed by atoms with Gasteiger partial charge in [-0.15, -0.1) is 0 Å². The molecule has 1 saturated carbocycles. The van der Waals surface area contributed by atoms with Crippen LogP contribution in [0.2, 0.25) is 0 Å². The molecule has 7 heteroatoms. The van der Waals surface area contributed by atoms with Gasteiger partial charge in [-0.3, -0.25) is 18.6 Å². The molecule has 0 radical (unpaired) electrons. The fraction of sp³-hybridized carbons (Fsp3) is 0.846. The molecule has 20 heavy (non-hydrogen) atoms. The van der Waals surface area contributed by atoms with E-state index in [4.69, 9.17) is 13.6 Å². The summed E-state index contributed by atoms with van der Waals surface area (Å²) in [6.45, 7) is 3.54. The van der Waals surface area contributed by atoms with E-state index in [0.717, 1.165) is 19.3 Å². The van der Waals surface area contributed by atoms with Crippen LogP contribution in [-0.2, 0) is 27.7 Å². The molecule has 0 heterocycles. The minimum absolute atomic E-state index is 0.0561. The Labute approximate surface area is 119 Å². The maximum Gasteiger partial charge on any atom is 0.532 e. The molecule has 1 aliphatic carbocycles. The molecule has 1 aliphatic rings. The smallest absolute Gasteiger partial charge is 0.370 e. The van der Waals surface area contributed by atoms with E-state index >= 15 is 0 Å². The number of carbonyl (C=O) groups excluding carboxylic acids is 2. The molecule has 0 bridgehead atoms. The van der Waals surface area contributed by atoms with E-state index in [1.807, 2.05) is 0 Å². The number of Topliss-reactive ketones (excluding diaryl/α,β-unsaturated/α-hetero) is 1. The third-order valence-electron chi connectivity index (χ3n) is 3.17.